The van der Waals surface area contributed by atoms with E-state index < -0.39 is 0 Å². The van der Waals surface area contributed by atoms with E-state index in [0.29, 0.717) is 11.0 Å². The number of fused-ring (bicyclic) bond motifs is 1. The highest BCUT2D eigenvalue weighted by Gasteiger charge is 2.54. The summed E-state index contributed by atoms with van der Waals surface area (Å²) in [6.45, 7) is 9.92. The molecule has 4 N–H and O–H groups in total. The van der Waals surface area contributed by atoms with Gasteiger partial charge in [-0.05, 0) is 31.3 Å². The molecule has 122 valence electrons. The van der Waals surface area contributed by atoms with Gasteiger partial charge in [0.25, 0.3) is 0 Å². The summed E-state index contributed by atoms with van der Waals surface area (Å²) >= 11 is 5.39. The highest BCUT2D eigenvalue weighted by molar-refractivity contribution is 7.80. The van der Waals surface area contributed by atoms with Crippen LogP contribution in [-0.4, -0.2) is 50.1 Å². The van der Waals surface area contributed by atoms with Crippen molar-refractivity contribution in [3.05, 3.63) is 30.3 Å². The van der Waals surface area contributed by atoms with Crippen LogP contribution in [0.4, 0.5) is 5.69 Å². The molecule has 0 saturated carbocycles. The van der Waals surface area contributed by atoms with Crippen LogP contribution in [0.1, 0.15) is 6.92 Å². The summed E-state index contributed by atoms with van der Waals surface area (Å²) in [6, 6.07) is 9.99. The van der Waals surface area contributed by atoms with Crippen molar-refractivity contribution in [1.29, 1.82) is 0 Å². The number of nitrogens with one attached hydrogen (secondary N) is 4. The summed E-state index contributed by atoms with van der Waals surface area (Å²) in [5, 5.41) is 8.53. The van der Waals surface area contributed by atoms with E-state index in [2.05, 4.69) is 17.7 Å². The lowest BCUT2D eigenvalue weighted by atomic mass is 9.72. The molecule has 4 heterocycles. The first-order chi connectivity index (χ1) is 11.1. The van der Waals surface area contributed by atoms with Crippen LogP contribution in [0.5, 0.6) is 0 Å². The molecule has 0 radical (unpaired) electrons. The molecule has 0 spiro atoms. The van der Waals surface area contributed by atoms with Gasteiger partial charge < -0.3 is 15.1 Å². The number of anilines is 1. The Morgan fingerprint density at radius 2 is 1.83 bits per heavy atom. The van der Waals surface area contributed by atoms with Crippen LogP contribution < -0.4 is 20.5 Å². The Morgan fingerprint density at radius 3 is 2.43 bits per heavy atom. The fraction of sp³-hybridized carbons (Fsp3) is 0.529. The zero-order chi connectivity index (χ0) is 15.9. The molecule has 23 heavy (non-hydrogen) atoms. The van der Waals surface area contributed by atoms with Gasteiger partial charge in [-0.2, -0.15) is 5.10 Å². The SMILES string of the molecule is CC12C[NH+]3CC[NH+](CC(C3)/C1=N/NC(=S)Nc1ccccc1)C2. The molecule has 0 aliphatic carbocycles. The van der Waals surface area contributed by atoms with E-state index in [-0.39, 0.29) is 5.41 Å². The van der Waals surface area contributed by atoms with Gasteiger partial charge in [0, 0.05) is 5.69 Å². The van der Waals surface area contributed by atoms with Gasteiger partial charge in [-0.1, -0.05) is 18.2 Å². The summed E-state index contributed by atoms with van der Waals surface area (Å²) in [4.78, 5) is 3.52. The quantitative estimate of drug-likeness (QED) is 0.405. The van der Waals surface area contributed by atoms with Gasteiger partial charge in [0.05, 0.1) is 37.8 Å². The van der Waals surface area contributed by atoms with Crippen LogP contribution in [0.25, 0.3) is 0 Å². The van der Waals surface area contributed by atoms with Crippen LogP contribution >= 0.6 is 12.2 Å². The molecule has 1 aromatic rings. The Balaban J connectivity index is 1.47. The minimum Gasteiger partial charge on any atom is -0.331 e. The molecular weight excluding hydrogens is 306 g/mol. The molecule has 4 bridgehead atoms. The number of hydrazone groups is 1. The van der Waals surface area contributed by atoms with E-state index in [1.54, 1.807) is 9.80 Å². The van der Waals surface area contributed by atoms with Crippen molar-refractivity contribution < 1.29 is 9.80 Å². The fourth-order valence-corrected chi connectivity index (χ4v) is 4.86. The zero-order valence-electron chi connectivity index (χ0n) is 13.6. The number of rotatable bonds is 2. The Kier molecular flexibility index (Phi) is 3.83. The lowest BCUT2D eigenvalue weighted by molar-refractivity contribution is -0.918. The first kappa shape index (κ1) is 15.1. The van der Waals surface area contributed by atoms with E-state index >= 15 is 0 Å². The lowest BCUT2D eigenvalue weighted by Gasteiger charge is -2.44. The average Bonchev–Trinajstić information content (AvgIpc) is 2.74. The van der Waals surface area contributed by atoms with Crippen LogP contribution in [0.15, 0.2) is 35.4 Å². The van der Waals surface area contributed by atoms with E-state index in [0.717, 1.165) is 5.69 Å². The van der Waals surface area contributed by atoms with E-state index in [1.165, 1.54) is 45.0 Å². The predicted molar refractivity (Wildman–Crippen MR) is 96.0 cm³/mol. The molecule has 0 amide bonds. The predicted octanol–water partition coefficient (Wildman–Crippen LogP) is -1.24. The Morgan fingerprint density at radius 1 is 1.17 bits per heavy atom. The van der Waals surface area contributed by atoms with E-state index in [9.17, 15) is 0 Å². The second kappa shape index (κ2) is 5.85. The Labute approximate surface area is 142 Å². The standard InChI is InChI=1S/C17H23N5S/c1-17-11-21-7-8-22(12-17)10-13(9-21)15(17)19-20-16(23)18-14-5-3-2-4-6-14/h2-6,13H,7-12H2,1H3,(H2,18,20,23)/p+2/b19-15-. The molecule has 6 heteroatoms. The second-order valence-corrected chi connectivity index (χ2v) is 7.86. The van der Waals surface area contributed by atoms with Crippen molar-refractivity contribution in [2.45, 2.75) is 6.92 Å². The number of para-hydroxylation sites is 1. The first-order valence-corrected chi connectivity index (χ1v) is 8.90. The third-order valence-corrected chi connectivity index (χ3v) is 5.69. The number of hydrogen-bond acceptors (Lipinski definition) is 2. The Bertz CT molecular complexity index is 613. The zero-order valence-corrected chi connectivity index (χ0v) is 14.4. The van der Waals surface area contributed by atoms with Crippen LogP contribution in [0.2, 0.25) is 0 Å². The number of piperidine rings is 2. The summed E-state index contributed by atoms with van der Waals surface area (Å²) < 4.78 is 0. The van der Waals surface area contributed by atoms with Gasteiger partial charge in [0.2, 0.25) is 0 Å². The molecule has 1 aromatic carbocycles. The molecule has 2 atom stereocenters. The van der Waals surface area contributed by atoms with Crippen molar-refractivity contribution in [2.75, 3.05) is 44.6 Å². The van der Waals surface area contributed by atoms with Crippen LogP contribution in [0.3, 0.4) is 0 Å². The number of hydrogen-bond donors (Lipinski definition) is 4. The number of benzene rings is 1. The number of thiocarbonyl (C=S) groups is 1. The fourth-order valence-electron chi connectivity index (χ4n) is 4.70. The lowest BCUT2D eigenvalue weighted by Crippen LogP contribution is -3.16. The molecule has 4 fully saturated rings. The van der Waals surface area contributed by atoms with Gasteiger partial charge in [0.15, 0.2) is 5.11 Å². The van der Waals surface area contributed by atoms with Crippen molar-refractivity contribution in [3.63, 3.8) is 0 Å². The maximum Gasteiger partial charge on any atom is 0.191 e. The monoisotopic (exact) mass is 331 g/mol. The largest absolute Gasteiger partial charge is 0.331 e. The third-order valence-electron chi connectivity index (χ3n) is 5.50. The summed E-state index contributed by atoms with van der Waals surface area (Å²) in [5.74, 6) is 0.599. The molecule has 4 aliphatic heterocycles. The van der Waals surface area contributed by atoms with Crippen LogP contribution in [-0.2, 0) is 0 Å². The van der Waals surface area contributed by atoms with Gasteiger partial charge in [-0.3, -0.25) is 5.43 Å². The van der Waals surface area contributed by atoms with Crippen LogP contribution in [0, 0.1) is 11.3 Å². The van der Waals surface area contributed by atoms with Gasteiger partial charge in [-0.25, -0.2) is 0 Å². The van der Waals surface area contributed by atoms with Crippen molar-refractivity contribution >= 4 is 28.7 Å². The maximum absolute atomic E-state index is 5.39. The van der Waals surface area contributed by atoms with Crippen molar-refractivity contribution in [3.8, 4) is 0 Å². The first-order valence-electron chi connectivity index (χ1n) is 8.50. The topological polar surface area (TPSA) is 45.3 Å². The summed E-state index contributed by atoms with van der Waals surface area (Å²) in [5.41, 5.74) is 5.64. The second-order valence-electron chi connectivity index (χ2n) is 7.45. The van der Waals surface area contributed by atoms with Crippen molar-refractivity contribution in [1.82, 2.24) is 5.43 Å². The Hall–Kier alpha value is -1.50. The average molecular weight is 331 g/mol. The van der Waals surface area contributed by atoms with E-state index in [4.69, 9.17) is 17.3 Å². The molecule has 4 aliphatic rings. The highest BCUT2D eigenvalue weighted by atomic mass is 32.1. The maximum atomic E-state index is 5.39. The minimum absolute atomic E-state index is 0.220. The normalized spacial score (nSPS) is 36.7. The van der Waals surface area contributed by atoms with E-state index in [1.807, 2.05) is 30.3 Å². The summed E-state index contributed by atoms with van der Waals surface area (Å²) in [6.07, 6.45) is 0. The molecule has 4 saturated heterocycles. The molecular formula is C17H25N5S+2. The molecule has 5 nitrogen and oxygen atoms in total. The molecule has 0 aromatic heterocycles. The summed E-state index contributed by atoms with van der Waals surface area (Å²) in [7, 11) is 0. The molecule has 2 unspecified atom stereocenters. The van der Waals surface area contributed by atoms with Gasteiger partial charge in [-0.15, -0.1) is 0 Å². The number of quaternary nitrogens is 2. The minimum atomic E-state index is 0.220. The smallest absolute Gasteiger partial charge is 0.191 e. The van der Waals surface area contributed by atoms with Gasteiger partial charge >= 0.3 is 0 Å². The third kappa shape index (κ3) is 2.98. The van der Waals surface area contributed by atoms with Gasteiger partial charge in [0.1, 0.15) is 18.5 Å². The highest BCUT2D eigenvalue weighted by Crippen LogP contribution is 2.26. The van der Waals surface area contributed by atoms with Crippen molar-refractivity contribution in [2.24, 2.45) is 16.4 Å². The number of nitrogens with zero attached hydrogens (tertiary/aromatic N) is 1. The molecule has 5 rings (SSSR count).